The molecule has 2 unspecified atom stereocenters. The molecule has 1 aliphatic heterocycles. The molecule has 1 amide bonds. The Morgan fingerprint density at radius 2 is 1.94 bits per heavy atom. The molecule has 33 heavy (non-hydrogen) atoms. The molecule has 0 spiro atoms. The van der Waals surface area contributed by atoms with E-state index in [1.807, 2.05) is 20.8 Å². The quantitative estimate of drug-likeness (QED) is 0.552. The van der Waals surface area contributed by atoms with E-state index in [1.54, 1.807) is 18.2 Å². The van der Waals surface area contributed by atoms with Gasteiger partial charge in [0.1, 0.15) is 11.3 Å². The van der Waals surface area contributed by atoms with Crippen LogP contribution in [-0.4, -0.2) is 48.3 Å². The highest BCUT2D eigenvalue weighted by Crippen LogP contribution is 2.40. The zero-order chi connectivity index (χ0) is 24.1. The number of amides is 1. The summed E-state index contributed by atoms with van der Waals surface area (Å²) < 4.78 is 44.1. The molecule has 1 N–H and O–H groups in total. The molecule has 0 saturated carbocycles. The summed E-state index contributed by atoms with van der Waals surface area (Å²) in [6.45, 7) is 6.48. The number of carboxylic acid groups (broad SMARTS) is 1. The Balaban J connectivity index is 1.65. The van der Waals surface area contributed by atoms with Crippen LogP contribution in [0.5, 0.6) is 0 Å². The highest BCUT2D eigenvalue weighted by Gasteiger charge is 2.40. The van der Waals surface area contributed by atoms with E-state index < -0.39 is 21.7 Å². The second kappa shape index (κ2) is 8.13. The fourth-order valence-corrected chi connectivity index (χ4v) is 5.12. The molecule has 2 aromatic carbocycles. The van der Waals surface area contributed by atoms with Crippen molar-refractivity contribution in [2.45, 2.75) is 50.5 Å². The fourth-order valence-electron chi connectivity index (χ4n) is 4.48. The molecule has 1 aliphatic rings. The summed E-state index contributed by atoms with van der Waals surface area (Å²) in [4.78, 5) is 17.7. The van der Waals surface area contributed by atoms with Crippen molar-refractivity contribution < 1.29 is 27.1 Å². The lowest BCUT2D eigenvalue weighted by molar-refractivity contribution is 0.0494. The Morgan fingerprint density at radius 3 is 2.55 bits per heavy atom. The number of sulfone groups is 1. The molecule has 1 aromatic heterocycles. The number of hydrogen-bond acceptors (Lipinski definition) is 5. The molecule has 1 fully saturated rings. The van der Waals surface area contributed by atoms with Gasteiger partial charge in [-0.15, -0.1) is 0 Å². The maximum absolute atomic E-state index is 14.7. The largest absolute Gasteiger partial charge is 0.465 e. The number of hydrogen-bond donors (Lipinski definition) is 1. The van der Waals surface area contributed by atoms with E-state index >= 15 is 0 Å². The van der Waals surface area contributed by atoms with Gasteiger partial charge in [-0.1, -0.05) is 32.9 Å². The molecule has 0 radical (unpaired) electrons. The van der Waals surface area contributed by atoms with Crippen molar-refractivity contribution in [1.82, 2.24) is 9.88 Å². The SMILES string of the molecule is CC(C)(C)C1CC(c2nc3ccc(-c4ccc(S(C)(=O)=O)cc4F)cc3o2)CCN1C(=O)O. The second-order valence-corrected chi connectivity index (χ2v) is 11.7. The Morgan fingerprint density at radius 1 is 1.21 bits per heavy atom. The number of fused-ring (bicyclic) bond motifs is 1. The molecule has 1 saturated heterocycles. The minimum Gasteiger partial charge on any atom is -0.465 e. The van der Waals surface area contributed by atoms with Gasteiger partial charge < -0.3 is 14.4 Å². The van der Waals surface area contributed by atoms with E-state index in [4.69, 9.17) is 4.42 Å². The van der Waals surface area contributed by atoms with Crippen molar-refractivity contribution in [3.63, 3.8) is 0 Å². The minimum absolute atomic E-state index is 0.0218. The van der Waals surface area contributed by atoms with Gasteiger partial charge in [0.2, 0.25) is 0 Å². The highest BCUT2D eigenvalue weighted by atomic mass is 32.2. The summed E-state index contributed by atoms with van der Waals surface area (Å²) in [6.07, 6.45) is 1.34. The van der Waals surface area contributed by atoms with Crippen LogP contribution in [0.3, 0.4) is 0 Å². The van der Waals surface area contributed by atoms with Crippen molar-refractivity contribution in [3.05, 3.63) is 48.1 Å². The third kappa shape index (κ3) is 4.59. The molecule has 0 aliphatic carbocycles. The van der Waals surface area contributed by atoms with Crippen LogP contribution in [0.15, 0.2) is 45.7 Å². The van der Waals surface area contributed by atoms with Crippen LogP contribution >= 0.6 is 0 Å². The van der Waals surface area contributed by atoms with E-state index in [1.165, 1.54) is 17.0 Å². The van der Waals surface area contributed by atoms with Crippen LogP contribution in [-0.2, 0) is 9.84 Å². The molecule has 7 nitrogen and oxygen atoms in total. The van der Waals surface area contributed by atoms with Gasteiger partial charge in [0, 0.05) is 30.3 Å². The van der Waals surface area contributed by atoms with Crippen molar-refractivity contribution >= 4 is 27.0 Å². The zero-order valence-corrected chi connectivity index (χ0v) is 19.8. The first-order valence-corrected chi connectivity index (χ1v) is 12.6. The zero-order valence-electron chi connectivity index (χ0n) is 19.0. The topological polar surface area (TPSA) is 101 Å². The maximum Gasteiger partial charge on any atom is 0.407 e. The standard InChI is InChI=1S/C24H27FN2O5S/c1-24(2,3)21-12-15(9-10-27(21)23(28)29)22-26-19-8-5-14(11-20(19)32-22)17-7-6-16(13-18(17)25)33(4,30)31/h5-8,11,13,15,21H,9-10,12H2,1-4H3,(H,28,29). The van der Waals surface area contributed by atoms with Crippen molar-refractivity contribution in [2.75, 3.05) is 12.8 Å². The minimum atomic E-state index is -3.50. The molecular formula is C24H27FN2O5S. The summed E-state index contributed by atoms with van der Waals surface area (Å²) in [5.74, 6) is -0.105. The number of likely N-dealkylation sites (tertiary alicyclic amines) is 1. The fraction of sp³-hybridized carbons (Fsp3) is 0.417. The van der Waals surface area contributed by atoms with Gasteiger partial charge in [0.25, 0.3) is 0 Å². The molecule has 176 valence electrons. The molecule has 2 atom stereocenters. The monoisotopic (exact) mass is 474 g/mol. The smallest absolute Gasteiger partial charge is 0.407 e. The van der Waals surface area contributed by atoms with Crippen LogP contribution in [0, 0.1) is 11.2 Å². The maximum atomic E-state index is 14.7. The van der Waals surface area contributed by atoms with Crippen molar-refractivity contribution in [3.8, 4) is 11.1 Å². The van der Waals surface area contributed by atoms with Crippen molar-refractivity contribution in [2.24, 2.45) is 5.41 Å². The molecule has 9 heteroatoms. The van der Waals surface area contributed by atoms with Gasteiger partial charge in [-0.2, -0.15) is 0 Å². The lowest BCUT2D eigenvalue weighted by atomic mass is 9.77. The number of nitrogens with zero attached hydrogens (tertiary/aromatic N) is 2. The van der Waals surface area contributed by atoms with Crippen LogP contribution < -0.4 is 0 Å². The predicted molar refractivity (Wildman–Crippen MR) is 122 cm³/mol. The number of aromatic nitrogens is 1. The van der Waals surface area contributed by atoms with E-state index in [2.05, 4.69) is 4.98 Å². The average Bonchev–Trinajstić information content (AvgIpc) is 3.15. The second-order valence-electron chi connectivity index (χ2n) is 9.73. The third-order valence-corrected chi connectivity index (χ3v) is 7.39. The Bertz CT molecular complexity index is 1330. The number of benzene rings is 2. The summed E-state index contributed by atoms with van der Waals surface area (Å²) in [7, 11) is -3.50. The third-order valence-electron chi connectivity index (χ3n) is 6.28. The number of rotatable bonds is 3. The predicted octanol–water partition coefficient (Wildman–Crippen LogP) is 5.31. The van der Waals surface area contributed by atoms with E-state index in [0.29, 0.717) is 41.9 Å². The lowest BCUT2D eigenvalue weighted by Crippen LogP contribution is -2.51. The first kappa shape index (κ1) is 23.2. The number of oxazole rings is 1. The number of carbonyl (C=O) groups is 1. The Labute approximate surface area is 192 Å². The van der Waals surface area contributed by atoms with Gasteiger partial charge in [0.05, 0.1) is 4.90 Å². The lowest BCUT2D eigenvalue weighted by Gasteiger charge is -2.43. The van der Waals surface area contributed by atoms with E-state index in [9.17, 15) is 22.7 Å². The molecular weight excluding hydrogens is 447 g/mol. The van der Waals surface area contributed by atoms with Gasteiger partial charge in [0.15, 0.2) is 21.3 Å². The van der Waals surface area contributed by atoms with Crippen LogP contribution in [0.4, 0.5) is 9.18 Å². The first-order chi connectivity index (χ1) is 15.3. The Hall–Kier alpha value is -2.94. The van der Waals surface area contributed by atoms with E-state index in [0.717, 1.165) is 12.3 Å². The summed E-state index contributed by atoms with van der Waals surface area (Å²) >= 11 is 0. The van der Waals surface area contributed by atoms with Crippen molar-refractivity contribution in [1.29, 1.82) is 0 Å². The molecule has 3 aromatic rings. The van der Waals surface area contributed by atoms with Crippen LogP contribution in [0.25, 0.3) is 22.2 Å². The average molecular weight is 475 g/mol. The normalized spacial score (nSPS) is 19.7. The van der Waals surface area contributed by atoms with Gasteiger partial charge >= 0.3 is 6.09 Å². The van der Waals surface area contributed by atoms with Crippen LogP contribution in [0.2, 0.25) is 0 Å². The molecule has 0 bridgehead atoms. The number of piperidine rings is 1. The Kier molecular flexibility index (Phi) is 5.72. The summed E-state index contributed by atoms with van der Waals surface area (Å²) in [6, 6.07) is 8.84. The molecule has 4 rings (SSSR count). The molecule has 2 heterocycles. The highest BCUT2D eigenvalue weighted by molar-refractivity contribution is 7.90. The summed E-state index contributed by atoms with van der Waals surface area (Å²) in [5.41, 5.74) is 1.73. The van der Waals surface area contributed by atoms with Gasteiger partial charge in [-0.05, 0) is 48.1 Å². The number of halogens is 1. The van der Waals surface area contributed by atoms with Gasteiger partial charge in [-0.3, -0.25) is 0 Å². The van der Waals surface area contributed by atoms with Crippen LogP contribution in [0.1, 0.15) is 45.4 Å². The summed E-state index contributed by atoms with van der Waals surface area (Å²) in [5, 5.41) is 9.59. The first-order valence-electron chi connectivity index (χ1n) is 10.7. The van der Waals surface area contributed by atoms with E-state index in [-0.39, 0.29) is 27.8 Å². The van der Waals surface area contributed by atoms with Gasteiger partial charge in [-0.25, -0.2) is 22.6 Å².